The highest BCUT2D eigenvalue weighted by molar-refractivity contribution is 5.84. The molecule has 1 heterocycles. The van der Waals surface area contributed by atoms with Gasteiger partial charge >= 0.3 is 12.3 Å². The van der Waals surface area contributed by atoms with Crippen LogP contribution < -0.4 is 9.47 Å². The summed E-state index contributed by atoms with van der Waals surface area (Å²) in [4.78, 5) is 10.8. The molecular formula is C23H21F3O5. The van der Waals surface area contributed by atoms with Crippen molar-refractivity contribution in [2.75, 3.05) is 0 Å². The molecule has 0 aliphatic heterocycles. The highest BCUT2D eigenvalue weighted by atomic mass is 19.4. The highest BCUT2D eigenvalue weighted by Gasteiger charge is 2.31. The fourth-order valence-electron chi connectivity index (χ4n) is 3.29. The predicted octanol–water partition coefficient (Wildman–Crippen LogP) is 6.19. The lowest BCUT2D eigenvalue weighted by atomic mass is 9.99. The number of carboxylic acids is 1. The quantitative estimate of drug-likeness (QED) is 0.458. The van der Waals surface area contributed by atoms with Gasteiger partial charge in [-0.2, -0.15) is 0 Å². The minimum Gasteiger partial charge on any atom is -0.488 e. The third kappa shape index (κ3) is 5.39. The van der Waals surface area contributed by atoms with Crippen LogP contribution in [0.25, 0.3) is 17.0 Å². The lowest BCUT2D eigenvalue weighted by molar-refractivity contribution is -0.274. The van der Waals surface area contributed by atoms with E-state index in [0.717, 1.165) is 16.7 Å². The van der Waals surface area contributed by atoms with Gasteiger partial charge < -0.3 is 19.0 Å². The van der Waals surface area contributed by atoms with Gasteiger partial charge in [0.25, 0.3) is 0 Å². The molecule has 5 nitrogen and oxygen atoms in total. The third-order valence-corrected chi connectivity index (χ3v) is 4.96. The smallest absolute Gasteiger partial charge is 0.488 e. The summed E-state index contributed by atoms with van der Waals surface area (Å²) in [5.74, 6) is -0.288. The molecule has 0 spiro atoms. The molecule has 0 bridgehead atoms. The fraction of sp³-hybridized carbons (Fsp3) is 0.261. The van der Waals surface area contributed by atoms with E-state index in [4.69, 9.17) is 14.3 Å². The summed E-state index contributed by atoms with van der Waals surface area (Å²) in [6, 6.07) is 7.57. The van der Waals surface area contributed by atoms with Crippen LogP contribution in [0.1, 0.15) is 34.4 Å². The second-order valence-corrected chi connectivity index (χ2v) is 7.06. The summed E-state index contributed by atoms with van der Waals surface area (Å²) >= 11 is 0. The maximum Gasteiger partial charge on any atom is 0.573 e. The molecule has 0 fully saturated rings. The molecule has 0 aliphatic rings. The van der Waals surface area contributed by atoms with Crippen LogP contribution in [0.15, 0.2) is 41.3 Å². The Morgan fingerprint density at radius 2 is 1.90 bits per heavy atom. The van der Waals surface area contributed by atoms with E-state index < -0.39 is 12.3 Å². The van der Waals surface area contributed by atoms with E-state index in [2.05, 4.69) is 11.3 Å². The SMILES string of the molecule is C=Cc1cc2cc(OC(F)(F)F)cc(COc3ccc(CCC(=O)O)c(C)c3C)c2o1. The number of carbonyl (C=O) groups is 1. The number of aryl methyl sites for hydroxylation is 1. The average Bonchev–Trinajstić information content (AvgIpc) is 3.10. The summed E-state index contributed by atoms with van der Waals surface area (Å²) in [6.45, 7) is 7.28. The number of alkyl halides is 3. The summed E-state index contributed by atoms with van der Waals surface area (Å²) in [7, 11) is 0. The van der Waals surface area contributed by atoms with Gasteiger partial charge in [-0.3, -0.25) is 4.79 Å². The van der Waals surface area contributed by atoms with Crippen LogP contribution >= 0.6 is 0 Å². The second kappa shape index (κ2) is 8.75. The van der Waals surface area contributed by atoms with E-state index >= 15 is 0 Å². The third-order valence-electron chi connectivity index (χ3n) is 4.96. The van der Waals surface area contributed by atoms with Gasteiger partial charge in [0.05, 0.1) is 0 Å². The lowest BCUT2D eigenvalue weighted by Crippen LogP contribution is -2.17. The van der Waals surface area contributed by atoms with E-state index in [1.165, 1.54) is 18.2 Å². The minimum absolute atomic E-state index is 0.0224. The number of hydrogen-bond donors (Lipinski definition) is 1. The first-order valence-electron chi connectivity index (χ1n) is 9.45. The Balaban J connectivity index is 1.89. The Bertz CT molecular complexity index is 1130. The van der Waals surface area contributed by atoms with Gasteiger partial charge in [0.1, 0.15) is 29.4 Å². The van der Waals surface area contributed by atoms with Crippen molar-refractivity contribution < 1.29 is 37.0 Å². The molecule has 3 aromatic rings. The normalized spacial score (nSPS) is 11.5. The molecule has 31 heavy (non-hydrogen) atoms. The molecule has 0 radical (unpaired) electrons. The van der Waals surface area contributed by atoms with Crippen LogP contribution in [0.4, 0.5) is 13.2 Å². The van der Waals surface area contributed by atoms with Crippen molar-refractivity contribution in [2.45, 2.75) is 39.7 Å². The molecule has 8 heteroatoms. The van der Waals surface area contributed by atoms with Crippen LogP contribution in [0.5, 0.6) is 11.5 Å². The van der Waals surface area contributed by atoms with Crippen molar-refractivity contribution in [3.05, 3.63) is 64.9 Å². The van der Waals surface area contributed by atoms with E-state index in [1.807, 2.05) is 13.8 Å². The first-order valence-corrected chi connectivity index (χ1v) is 9.45. The van der Waals surface area contributed by atoms with E-state index in [0.29, 0.717) is 34.5 Å². The Hall–Kier alpha value is -3.42. The maximum absolute atomic E-state index is 12.7. The molecule has 164 valence electrons. The molecule has 0 unspecified atom stereocenters. The molecule has 2 aromatic carbocycles. The summed E-state index contributed by atoms with van der Waals surface area (Å²) in [5.41, 5.74) is 3.41. The van der Waals surface area contributed by atoms with Crippen molar-refractivity contribution in [3.63, 3.8) is 0 Å². The number of ether oxygens (including phenoxy) is 2. The number of carboxylic acid groups (broad SMARTS) is 1. The van der Waals surface area contributed by atoms with Crippen molar-refractivity contribution >= 4 is 23.0 Å². The minimum atomic E-state index is -4.82. The zero-order chi connectivity index (χ0) is 22.8. The predicted molar refractivity (Wildman–Crippen MR) is 109 cm³/mol. The van der Waals surface area contributed by atoms with Crippen LogP contribution in [0, 0.1) is 13.8 Å². The van der Waals surface area contributed by atoms with Gasteiger partial charge in [-0.1, -0.05) is 12.6 Å². The molecular weight excluding hydrogens is 413 g/mol. The molecule has 0 saturated heterocycles. The standard InChI is InChI=1S/C23H21F3O5/c1-4-18-9-16-10-19(31-23(24,25)26)11-17(22(16)30-18)12-29-20-7-5-15(6-8-21(27)28)13(2)14(20)3/h4-5,7,9-11H,1,6,8,12H2,2-3H3,(H,27,28). The van der Waals surface area contributed by atoms with Gasteiger partial charge in [-0.15, -0.1) is 13.2 Å². The monoisotopic (exact) mass is 434 g/mol. The van der Waals surface area contributed by atoms with Crippen molar-refractivity contribution in [3.8, 4) is 11.5 Å². The van der Waals surface area contributed by atoms with E-state index in [1.54, 1.807) is 18.2 Å². The number of halogens is 3. The maximum atomic E-state index is 12.7. The van der Waals surface area contributed by atoms with Crippen molar-refractivity contribution in [1.82, 2.24) is 0 Å². The Kier molecular flexibility index (Phi) is 6.29. The first kappa shape index (κ1) is 22.3. The number of fused-ring (bicyclic) bond motifs is 1. The molecule has 3 rings (SSSR count). The van der Waals surface area contributed by atoms with Gasteiger partial charge in [0.15, 0.2) is 0 Å². The number of hydrogen-bond acceptors (Lipinski definition) is 4. The average molecular weight is 434 g/mol. The van der Waals surface area contributed by atoms with Crippen molar-refractivity contribution in [2.24, 2.45) is 0 Å². The number of aliphatic carboxylic acids is 1. The molecule has 1 N–H and O–H groups in total. The van der Waals surface area contributed by atoms with Crippen LogP contribution in [0.2, 0.25) is 0 Å². The first-order chi connectivity index (χ1) is 14.6. The van der Waals surface area contributed by atoms with Crippen LogP contribution in [-0.2, 0) is 17.8 Å². The Morgan fingerprint density at radius 3 is 2.55 bits per heavy atom. The van der Waals surface area contributed by atoms with E-state index in [-0.39, 0.29) is 18.8 Å². The van der Waals surface area contributed by atoms with Crippen molar-refractivity contribution in [1.29, 1.82) is 0 Å². The number of furan rings is 1. The lowest BCUT2D eigenvalue weighted by Gasteiger charge is -2.15. The summed E-state index contributed by atoms with van der Waals surface area (Å²) in [5, 5.41) is 9.32. The largest absolute Gasteiger partial charge is 0.573 e. The number of benzene rings is 2. The topological polar surface area (TPSA) is 68.9 Å². The van der Waals surface area contributed by atoms with Gasteiger partial charge in [-0.25, -0.2) is 0 Å². The summed E-state index contributed by atoms with van der Waals surface area (Å²) < 4.78 is 53.8. The van der Waals surface area contributed by atoms with Gasteiger partial charge in [0, 0.05) is 17.4 Å². The van der Waals surface area contributed by atoms with Crippen LogP contribution in [0.3, 0.4) is 0 Å². The molecule has 0 aliphatic carbocycles. The van der Waals surface area contributed by atoms with Gasteiger partial charge in [-0.05, 0) is 67.3 Å². The van der Waals surface area contributed by atoms with Gasteiger partial charge in [0.2, 0.25) is 0 Å². The Labute approximate surface area is 176 Å². The molecule has 0 atom stereocenters. The van der Waals surface area contributed by atoms with Crippen LogP contribution in [-0.4, -0.2) is 17.4 Å². The zero-order valence-corrected chi connectivity index (χ0v) is 17.0. The number of rotatable bonds is 8. The summed E-state index contributed by atoms with van der Waals surface area (Å²) in [6.07, 6.45) is -2.94. The Morgan fingerprint density at radius 1 is 1.16 bits per heavy atom. The molecule has 0 saturated carbocycles. The highest BCUT2D eigenvalue weighted by Crippen LogP contribution is 2.33. The van der Waals surface area contributed by atoms with E-state index in [9.17, 15) is 18.0 Å². The molecule has 1 aromatic heterocycles. The fourth-order valence-corrected chi connectivity index (χ4v) is 3.29. The zero-order valence-electron chi connectivity index (χ0n) is 17.0. The second-order valence-electron chi connectivity index (χ2n) is 7.06. The molecule has 0 amide bonds.